The number of anilines is 1. The lowest BCUT2D eigenvalue weighted by molar-refractivity contribution is -0.122. The second kappa shape index (κ2) is 7.96. The van der Waals surface area contributed by atoms with E-state index in [1.807, 2.05) is 69.3 Å². The predicted octanol–water partition coefficient (Wildman–Crippen LogP) is 4.58. The molecule has 1 aliphatic rings. The van der Waals surface area contributed by atoms with Crippen LogP contribution in [0.1, 0.15) is 22.4 Å². The van der Waals surface area contributed by atoms with Crippen LogP contribution in [0.3, 0.4) is 0 Å². The Morgan fingerprint density at radius 1 is 1.06 bits per heavy atom. The second-order valence-corrected chi connectivity index (χ2v) is 8.11. The lowest BCUT2D eigenvalue weighted by atomic mass is 10.0. The number of aryl methyl sites for hydroxylation is 2. The fourth-order valence-electron chi connectivity index (χ4n) is 4.12. The third-order valence-electron chi connectivity index (χ3n) is 5.45. The average molecular weight is 430 g/mol. The van der Waals surface area contributed by atoms with E-state index in [4.69, 9.17) is 12.2 Å². The smallest absolute Gasteiger partial charge is 0.270 e. The van der Waals surface area contributed by atoms with Gasteiger partial charge in [0.1, 0.15) is 5.57 Å². The van der Waals surface area contributed by atoms with Gasteiger partial charge in [-0.3, -0.25) is 19.8 Å². The zero-order valence-electron chi connectivity index (χ0n) is 17.7. The van der Waals surface area contributed by atoms with Crippen LogP contribution in [-0.2, 0) is 16.1 Å². The Hall–Kier alpha value is -3.51. The summed E-state index contributed by atoms with van der Waals surface area (Å²) in [7, 11) is 0. The Morgan fingerprint density at radius 2 is 1.74 bits per heavy atom. The van der Waals surface area contributed by atoms with Gasteiger partial charge in [-0.1, -0.05) is 30.3 Å². The van der Waals surface area contributed by atoms with Crippen molar-refractivity contribution in [3.63, 3.8) is 0 Å². The SMILES string of the molecule is C=CCn1c(C)c(/C=C2\C(=O)NC(=S)N(c3cc(C)cc(C)c3)C2=O)c2ccccc21. The zero-order valence-corrected chi connectivity index (χ0v) is 18.5. The Bertz CT molecular complexity index is 1280. The monoisotopic (exact) mass is 429 g/mol. The van der Waals surface area contributed by atoms with E-state index in [0.717, 1.165) is 33.3 Å². The first-order valence-electron chi connectivity index (χ1n) is 10.00. The fraction of sp³-hybridized carbons (Fsp3) is 0.160. The Kier molecular flexibility index (Phi) is 5.33. The number of aromatic nitrogens is 1. The molecular weight excluding hydrogens is 406 g/mol. The van der Waals surface area contributed by atoms with Gasteiger partial charge in [0.15, 0.2) is 5.11 Å². The van der Waals surface area contributed by atoms with Crippen molar-refractivity contribution in [2.75, 3.05) is 4.90 Å². The maximum Gasteiger partial charge on any atom is 0.270 e. The number of hydrogen-bond donors (Lipinski definition) is 1. The Labute approximate surface area is 186 Å². The normalized spacial score (nSPS) is 15.6. The number of thiocarbonyl (C=S) groups is 1. The Balaban J connectivity index is 1.87. The molecule has 0 bridgehead atoms. The highest BCUT2D eigenvalue weighted by Crippen LogP contribution is 2.30. The van der Waals surface area contributed by atoms with Crippen molar-refractivity contribution in [2.45, 2.75) is 27.3 Å². The first-order valence-corrected chi connectivity index (χ1v) is 10.4. The maximum absolute atomic E-state index is 13.4. The van der Waals surface area contributed by atoms with Crippen molar-refractivity contribution in [1.29, 1.82) is 0 Å². The van der Waals surface area contributed by atoms with Crippen LogP contribution in [0.4, 0.5) is 5.69 Å². The number of fused-ring (bicyclic) bond motifs is 1. The molecule has 3 aromatic rings. The number of carbonyl (C=O) groups excluding carboxylic acids is 2. The van der Waals surface area contributed by atoms with E-state index in [9.17, 15) is 9.59 Å². The molecule has 4 rings (SSSR count). The first kappa shape index (κ1) is 20.8. The van der Waals surface area contributed by atoms with E-state index >= 15 is 0 Å². The van der Waals surface area contributed by atoms with E-state index in [-0.39, 0.29) is 10.7 Å². The molecule has 6 heteroatoms. The average Bonchev–Trinajstić information content (AvgIpc) is 2.96. The van der Waals surface area contributed by atoms with Gasteiger partial charge >= 0.3 is 0 Å². The van der Waals surface area contributed by atoms with Gasteiger partial charge in [0.05, 0.1) is 5.69 Å². The van der Waals surface area contributed by atoms with Gasteiger partial charge in [-0.15, -0.1) is 6.58 Å². The molecule has 2 aromatic carbocycles. The molecule has 1 fully saturated rings. The molecule has 0 saturated carbocycles. The van der Waals surface area contributed by atoms with Gasteiger partial charge in [0, 0.05) is 28.7 Å². The summed E-state index contributed by atoms with van der Waals surface area (Å²) in [4.78, 5) is 27.6. The minimum Gasteiger partial charge on any atom is -0.340 e. The number of carbonyl (C=O) groups is 2. The van der Waals surface area contributed by atoms with Crippen molar-refractivity contribution in [3.8, 4) is 0 Å². The lowest BCUT2D eigenvalue weighted by Gasteiger charge is -2.29. The van der Waals surface area contributed by atoms with Gasteiger partial charge in [0.25, 0.3) is 11.8 Å². The molecule has 1 saturated heterocycles. The van der Waals surface area contributed by atoms with Crippen LogP contribution in [0.15, 0.2) is 60.7 Å². The number of nitrogens with one attached hydrogen (secondary N) is 1. The second-order valence-electron chi connectivity index (χ2n) is 7.72. The molecule has 2 amide bonds. The summed E-state index contributed by atoms with van der Waals surface area (Å²) < 4.78 is 2.12. The minimum atomic E-state index is -0.490. The van der Waals surface area contributed by atoms with Crippen molar-refractivity contribution in [2.24, 2.45) is 0 Å². The number of rotatable bonds is 4. The molecular formula is C25H23N3O2S. The van der Waals surface area contributed by atoms with Gasteiger partial charge in [0.2, 0.25) is 0 Å². The highest BCUT2D eigenvalue weighted by molar-refractivity contribution is 7.80. The van der Waals surface area contributed by atoms with Crippen LogP contribution in [0, 0.1) is 20.8 Å². The number of allylic oxidation sites excluding steroid dienone is 1. The number of para-hydroxylation sites is 1. The summed E-state index contributed by atoms with van der Waals surface area (Å²) in [5.74, 6) is -0.922. The lowest BCUT2D eigenvalue weighted by Crippen LogP contribution is -2.54. The molecule has 0 aliphatic carbocycles. The maximum atomic E-state index is 13.4. The zero-order chi connectivity index (χ0) is 22.3. The van der Waals surface area contributed by atoms with Gasteiger partial charge in [-0.2, -0.15) is 0 Å². The van der Waals surface area contributed by atoms with Crippen LogP contribution in [0.5, 0.6) is 0 Å². The van der Waals surface area contributed by atoms with Crippen LogP contribution in [-0.4, -0.2) is 21.5 Å². The van der Waals surface area contributed by atoms with E-state index in [1.54, 1.807) is 6.08 Å². The van der Waals surface area contributed by atoms with Crippen LogP contribution >= 0.6 is 12.2 Å². The first-order chi connectivity index (χ1) is 14.8. The minimum absolute atomic E-state index is 0.0531. The highest BCUT2D eigenvalue weighted by Gasteiger charge is 2.35. The van der Waals surface area contributed by atoms with E-state index < -0.39 is 11.8 Å². The largest absolute Gasteiger partial charge is 0.340 e. The molecule has 0 atom stereocenters. The molecule has 0 spiro atoms. The van der Waals surface area contributed by atoms with Crippen molar-refractivity contribution >= 4 is 51.8 Å². The van der Waals surface area contributed by atoms with Crippen LogP contribution in [0.2, 0.25) is 0 Å². The van der Waals surface area contributed by atoms with Gasteiger partial charge in [-0.05, 0) is 68.4 Å². The molecule has 1 aliphatic heterocycles. The van der Waals surface area contributed by atoms with Crippen LogP contribution in [0.25, 0.3) is 17.0 Å². The van der Waals surface area contributed by atoms with Crippen LogP contribution < -0.4 is 10.2 Å². The summed E-state index contributed by atoms with van der Waals surface area (Å²) in [5.41, 5.74) is 5.54. The predicted molar refractivity (Wildman–Crippen MR) is 129 cm³/mol. The molecule has 2 heterocycles. The summed E-state index contributed by atoms with van der Waals surface area (Å²) in [6.45, 7) is 10.4. The summed E-state index contributed by atoms with van der Waals surface area (Å²) in [6, 6.07) is 13.7. The summed E-state index contributed by atoms with van der Waals surface area (Å²) >= 11 is 5.34. The number of nitrogens with zero attached hydrogens (tertiary/aromatic N) is 2. The quantitative estimate of drug-likeness (QED) is 0.286. The Morgan fingerprint density at radius 3 is 2.42 bits per heavy atom. The third kappa shape index (κ3) is 3.59. The molecule has 1 aromatic heterocycles. The van der Waals surface area contributed by atoms with E-state index in [0.29, 0.717) is 12.2 Å². The molecule has 0 unspecified atom stereocenters. The van der Waals surface area contributed by atoms with Gasteiger partial charge in [-0.25, -0.2) is 0 Å². The topological polar surface area (TPSA) is 54.3 Å². The highest BCUT2D eigenvalue weighted by atomic mass is 32.1. The van der Waals surface area contributed by atoms with E-state index in [2.05, 4.69) is 16.5 Å². The molecule has 5 nitrogen and oxygen atoms in total. The van der Waals surface area contributed by atoms with Gasteiger partial charge < -0.3 is 4.57 Å². The molecule has 31 heavy (non-hydrogen) atoms. The van der Waals surface area contributed by atoms with Crippen molar-refractivity contribution in [1.82, 2.24) is 9.88 Å². The third-order valence-corrected chi connectivity index (χ3v) is 5.73. The summed E-state index contributed by atoms with van der Waals surface area (Å²) in [6.07, 6.45) is 3.50. The van der Waals surface area contributed by atoms with Crippen molar-refractivity contribution < 1.29 is 9.59 Å². The number of hydrogen-bond acceptors (Lipinski definition) is 3. The molecule has 156 valence electrons. The summed E-state index contributed by atoms with van der Waals surface area (Å²) in [5, 5.41) is 3.73. The van der Waals surface area contributed by atoms with Crippen molar-refractivity contribution in [3.05, 3.63) is 83.1 Å². The number of benzene rings is 2. The standard InChI is InChI=1S/C25H23N3O2S/c1-5-10-27-17(4)20(19-8-6-7-9-22(19)27)14-21-23(29)26-25(31)28(24(21)30)18-12-15(2)11-16(3)13-18/h5-9,11-14H,1,10H2,2-4H3,(H,26,29,31)/b21-14+. The fourth-order valence-corrected chi connectivity index (χ4v) is 4.40. The number of amides is 2. The molecule has 0 radical (unpaired) electrons. The molecule has 1 N–H and O–H groups in total. The van der Waals surface area contributed by atoms with E-state index in [1.165, 1.54) is 4.90 Å².